The number of rotatable bonds is 13. The number of carbonyl (C=O) groups is 1. The zero-order chi connectivity index (χ0) is 31.7. The van der Waals surface area contributed by atoms with Gasteiger partial charge in [-0.15, -0.1) is 0 Å². The lowest BCUT2D eigenvalue weighted by atomic mass is 10.1. The van der Waals surface area contributed by atoms with Crippen LogP contribution in [0.1, 0.15) is 23.2 Å². The Balaban J connectivity index is 1.17. The molecule has 0 N–H and O–H groups in total. The van der Waals surface area contributed by atoms with Crippen molar-refractivity contribution in [3.8, 4) is 17.2 Å². The second kappa shape index (κ2) is 15.1. The number of anilines is 1. The molecule has 1 amide bonds. The molecule has 1 fully saturated rings. The van der Waals surface area contributed by atoms with Crippen LogP contribution in [0.4, 0.5) is 10.1 Å². The summed E-state index contributed by atoms with van der Waals surface area (Å²) >= 11 is 1.80. The highest BCUT2D eigenvalue weighted by molar-refractivity contribution is 7.98. The summed E-state index contributed by atoms with van der Waals surface area (Å²) in [6.45, 7) is 2.35. The number of ether oxygens (including phenoxy) is 2. The van der Waals surface area contributed by atoms with Gasteiger partial charge in [0.25, 0.3) is 0 Å². The van der Waals surface area contributed by atoms with Gasteiger partial charge in [0, 0.05) is 37.9 Å². The molecule has 1 saturated heterocycles. The fraction of sp³-hybridized carbons (Fsp3) is 0.243. The third-order valence-electron chi connectivity index (χ3n) is 8.05. The predicted octanol–water partition coefficient (Wildman–Crippen LogP) is 7.41. The Morgan fingerprint density at radius 2 is 1.67 bits per heavy atom. The van der Waals surface area contributed by atoms with Crippen molar-refractivity contribution in [1.29, 1.82) is 0 Å². The maximum Gasteiger partial charge on any atom is 0.241 e. The lowest BCUT2D eigenvalue weighted by molar-refractivity contribution is -0.122. The minimum Gasteiger partial charge on any atom is -0.489 e. The second-order valence-corrected chi connectivity index (χ2v) is 12.3. The summed E-state index contributed by atoms with van der Waals surface area (Å²) in [7, 11) is 0. The van der Waals surface area contributed by atoms with E-state index < -0.39 is 0 Å². The maximum absolute atomic E-state index is 13.8. The molecular weight excluding hydrogens is 599 g/mol. The molecule has 0 aliphatic carbocycles. The number of nitrogens with zero attached hydrogens (tertiary/aromatic N) is 4. The van der Waals surface area contributed by atoms with Gasteiger partial charge in [0.05, 0.1) is 24.3 Å². The lowest BCUT2D eigenvalue weighted by Crippen LogP contribution is -2.56. The Kier molecular flexibility index (Phi) is 10.3. The molecule has 5 aromatic rings. The summed E-state index contributed by atoms with van der Waals surface area (Å²) < 4.78 is 28.2. The van der Waals surface area contributed by atoms with Crippen LogP contribution in [0.5, 0.6) is 17.2 Å². The van der Waals surface area contributed by atoms with E-state index >= 15 is 0 Å². The van der Waals surface area contributed by atoms with Crippen LogP contribution in [0.25, 0.3) is 0 Å². The molecule has 4 aromatic carbocycles. The number of hydrogen-bond acceptors (Lipinski definition) is 6. The van der Waals surface area contributed by atoms with E-state index in [0.717, 1.165) is 34.7 Å². The molecule has 9 heteroatoms. The molecule has 0 saturated carbocycles. The Morgan fingerprint density at radius 1 is 0.891 bits per heavy atom. The Hall–Kier alpha value is -4.60. The molecule has 46 heavy (non-hydrogen) atoms. The number of hydrogen-bond donors (Lipinski definition) is 0. The van der Waals surface area contributed by atoms with Gasteiger partial charge in [0.1, 0.15) is 23.9 Å². The molecule has 1 atom stereocenters. The van der Waals surface area contributed by atoms with Crippen molar-refractivity contribution in [3.63, 3.8) is 0 Å². The lowest BCUT2D eigenvalue weighted by Gasteiger charge is -2.41. The van der Waals surface area contributed by atoms with Crippen molar-refractivity contribution < 1.29 is 18.7 Å². The zero-order valence-corrected chi connectivity index (χ0v) is 26.6. The van der Waals surface area contributed by atoms with E-state index in [2.05, 4.69) is 16.1 Å². The summed E-state index contributed by atoms with van der Waals surface area (Å²) in [6, 6.07) is 32.0. The van der Waals surface area contributed by atoms with Gasteiger partial charge >= 0.3 is 0 Å². The molecular formula is C37H37FN4O3S. The van der Waals surface area contributed by atoms with Crippen LogP contribution in [0.15, 0.2) is 116 Å². The first-order chi connectivity index (χ1) is 22.6. The van der Waals surface area contributed by atoms with Crippen LogP contribution in [0, 0.1) is 5.82 Å². The standard InChI is InChI=1S/C37H37FN4O3S/c1-46-18-17-31-24-42(37(43)25-40(31)23-32-21-39-27-41(32)22-29-11-7-12-30(38)19-29)35-15-5-6-16-36(35)45-34-14-8-13-33(20-34)44-26-28-9-3-2-4-10-28/h2-16,19-21,27,31H,17-18,22-26H2,1H3. The summed E-state index contributed by atoms with van der Waals surface area (Å²) in [4.78, 5) is 22.3. The summed E-state index contributed by atoms with van der Waals surface area (Å²) in [5, 5.41) is 0. The van der Waals surface area contributed by atoms with Crippen molar-refractivity contribution in [2.75, 3.05) is 30.0 Å². The number of halogens is 1. The molecule has 1 aliphatic heterocycles. The minimum absolute atomic E-state index is 0.00703. The van der Waals surface area contributed by atoms with Crippen LogP contribution in [-0.4, -0.2) is 51.5 Å². The average molecular weight is 637 g/mol. The first kappa shape index (κ1) is 31.4. The number of thioether (sulfide) groups is 1. The van der Waals surface area contributed by atoms with E-state index in [4.69, 9.17) is 9.47 Å². The summed E-state index contributed by atoms with van der Waals surface area (Å²) in [5.41, 5.74) is 3.68. The first-order valence-corrected chi connectivity index (χ1v) is 16.8. The quantitative estimate of drug-likeness (QED) is 0.134. The Labute approximate surface area is 273 Å². The van der Waals surface area contributed by atoms with Crippen molar-refractivity contribution in [1.82, 2.24) is 14.5 Å². The topological polar surface area (TPSA) is 59.8 Å². The molecule has 6 rings (SSSR count). The van der Waals surface area contributed by atoms with E-state index in [1.54, 1.807) is 30.2 Å². The SMILES string of the molecule is CSCCC1CN(c2ccccc2Oc2cccc(OCc3ccccc3)c2)C(=O)CN1Cc1cncn1Cc1cccc(F)c1. The van der Waals surface area contributed by atoms with Crippen LogP contribution >= 0.6 is 11.8 Å². The number of benzene rings is 4. The fourth-order valence-electron chi connectivity index (χ4n) is 5.69. The highest BCUT2D eigenvalue weighted by Gasteiger charge is 2.34. The number of amides is 1. The average Bonchev–Trinajstić information content (AvgIpc) is 3.50. The minimum atomic E-state index is -0.258. The van der Waals surface area contributed by atoms with Crippen molar-refractivity contribution in [3.05, 3.63) is 138 Å². The first-order valence-electron chi connectivity index (χ1n) is 15.4. The highest BCUT2D eigenvalue weighted by Crippen LogP contribution is 2.35. The van der Waals surface area contributed by atoms with Crippen molar-refractivity contribution >= 4 is 23.4 Å². The van der Waals surface area contributed by atoms with Crippen molar-refractivity contribution in [2.24, 2.45) is 0 Å². The van der Waals surface area contributed by atoms with Crippen LogP contribution in [0.3, 0.4) is 0 Å². The summed E-state index contributed by atoms with van der Waals surface area (Å²) in [5.74, 6) is 2.67. The monoisotopic (exact) mass is 636 g/mol. The number of imidazole rings is 1. The molecule has 1 aromatic heterocycles. The van der Waals surface area contributed by atoms with E-state index in [-0.39, 0.29) is 24.3 Å². The molecule has 0 radical (unpaired) electrons. The number of para-hydroxylation sites is 2. The molecule has 0 spiro atoms. The molecule has 0 bridgehead atoms. The second-order valence-electron chi connectivity index (χ2n) is 11.3. The summed E-state index contributed by atoms with van der Waals surface area (Å²) in [6.07, 6.45) is 6.63. The van der Waals surface area contributed by atoms with Gasteiger partial charge in [-0.25, -0.2) is 9.37 Å². The molecule has 1 unspecified atom stereocenters. The number of aromatic nitrogens is 2. The van der Waals surface area contributed by atoms with Crippen LogP contribution < -0.4 is 14.4 Å². The molecule has 236 valence electrons. The van der Waals surface area contributed by atoms with Gasteiger partial charge in [0.2, 0.25) is 5.91 Å². The zero-order valence-electron chi connectivity index (χ0n) is 25.8. The van der Waals surface area contributed by atoms with E-state index in [9.17, 15) is 9.18 Å². The predicted molar refractivity (Wildman–Crippen MR) is 181 cm³/mol. The fourth-order valence-corrected chi connectivity index (χ4v) is 6.19. The third kappa shape index (κ3) is 7.97. The van der Waals surface area contributed by atoms with Gasteiger partial charge in [-0.1, -0.05) is 60.7 Å². The normalized spacial score (nSPS) is 15.2. The largest absolute Gasteiger partial charge is 0.489 e. The van der Waals surface area contributed by atoms with E-state index in [1.165, 1.54) is 6.07 Å². The van der Waals surface area contributed by atoms with Gasteiger partial charge in [0.15, 0.2) is 5.75 Å². The molecule has 1 aliphatic rings. The van der Waals surface area contributed by atoms with Gasteiger partial charge < -0.3 is 18.9 Å². The number of carbonyl (C=O) groups excluding carboxylic acids is 1. The smallest absolute Gasteiger partial charge is 0.241 e. The number of piperazine rings is 1. The third-order valence-corrected chi connectivity index (χ3v) is 8.69. The molecule has 2 heterocycles. The van der Waals surface area contributed by atoms with Gasteiger partial charge in [-0.05, 0) is 66.0 Å². The van der Waals surface area contributed by atoms with E-state index in [0.29, 0.717) is 43.5 Å². The molecule has 7 nitrogen and oxygen atoms in total. The highest BCUT2D eigenvalue weighted by atomic mass is 32.2. The maximum atomic E-state index is 13.8. The van der Waals surface area contributed by atoms with Gasteiger partial charge in [-0.3, -0.25) is 9.69 Å². The van der Waals surface area contributed by atoms with Crippen LogP contribution in [-0.2, 0) is 24.5 Å². The van der Waals surface area contributed by atoms with E-state index in [1.807, 2.05) is 101 Å². The van der Waals surface area contributed by atoms with Gasteiger partial charge in [-0.2, -0.15) is 11.8 Å². The Bertz CT molecular complexity index is 1750. The Morgan fingerprint density at radius 3 is 2.52 bits per heavy atom. The van der Waals surface area contributed by atoms with Crippen LogP contribution in [0.2, 0.25) is 0 Å². The van der Waals surface area contributed by atoms with Crippen molar-refractivity contribution in [2.45, 2.75) is 32.2 Å².